The number of alkyl halides is 2. The van der Waals surface area contributed by atoms with Crippen LogP contribution < -0.4 is 4.90 Å². The molecule has 1 N–H and O–H groups in total. The summed E-state index contributed by atoms with van der Waals surface area (Å²) < 4.78 is 0.239. The first-order chi connectivity index (χ1) is 9.13. The third-order valence-corrected chi connectivity index (χ3v) is 5.13. The van der Waals surface area contributed by atoms with Crippen molar-refractivity contribution in [1.82, 2.24) is 0 Å². The van der Waals surface area contributed by atoms with Crippen LogP contribution in [0.1, 0.15) is 18.4 Å². The molecule has 1 aliphatic rings. The van der Waals surface area contributed by atoms with E-state index in [-0.39, 0.29) is 3.74 Å². The minimum absolute atomic E-state index is 0.239. The van der Waals surface area contributed by atoms with Gasteiger partial charge in [0, 0.05) is 36.1 Å². The lowest BCUT2D eigenvalue weighted by Crippen LogP contribution is -2.22. The van der Waals surface area contributed by atoms with Crippen LogP contribution in [0.5, 0.6) is 5.75 Å². The van der Waals surface area contributed by atoms with Crippen molar-refractivity contribution in [2.75, 3.05) is 18.0 Å². The van der Waals surface area contributed by atoms with Crippen molar-refractivity contribution in [1.29, 1.82) is 0 Å². The molecule has 0 aliphatic carbocycles. The second-order valence-corrected chi connectivity index (χ2v) is 8.06. The summed E-state index contributed by atoms with van der Waals surface area (Å²) in [5, 5.41) is 12.3. The largest absolute Gasteiger partial charge is 0.507 e. The molecule has 3 rings (SSSR count). The van der Waals surface area contributed by atoms with Crippen molar-refractivity contribution < 1.29 is 5.11 Å². The number of fused-ring (bicyclic) bond motifs is 3. The number of phenolic OH excluding ortho intramolecular Hbond substituents is 1. The van der Waals surface area contributed by atoms with Gasteiger partial charge in [-0.3, -0.25) is 0 Å². The van der Waals surface area contributed by atoms with Gasteiger partial charge in [0.15, 0.2) is 0 Å². The van der Waals surface area contributed by atoms with Gasteiger partial charge in [-0.05, 0) is 17.9 Å². The Morgan fingerprint density at radius 3 is 2.63 bits per heavy atom. The molecule has 0 amide bonds. The van der Waals surface area contributed by atoms with Crippen molar-refractivity contribution in [2.24, 2.45) is 0 Å². The normalized spacial score (nSPS) is 18.3. The number of nitrogens with zero attached hydrogens (tertiary/aromatic N) is 1. The average Bonchev–Trinajstić information content (AvgIpc) is 2.78. The van der Waals surface area contributed by atoms with E-state index in [2.05, 4.69) is 49.7 Å². The molecule has 0 saturated carbocycles. The van der Waals surface area contributed by atoms with E-state index in [0.717, 1.165) is 29.5 Å². The predicted molar refractivity (Wildman–Crippen MR) is 87.9 cm³/mol. The monoisotopic (exact) mass is 383 g/mol. The van der Waals surface area contributed by atoms with Gasteiger partial charge < -0.3 is 10.0 Å². The fourth-order valence-electron chi connectivity index (χ4n) is 2.95. The van der Waals surface area contributed by atoms with Crippen LogP contribution in [0.25, 0.3) is 10.8 Å². The van der Waals surface area contributed by atoms with Crippen LogP contribution in [0.4, 0.5) is 5.69 Å². The van der Waals surface area contributed by atoms with Crippen molar-refractivity contribution >= 4 is 48.3 Å². The molecule has 1 heterocycles. The van der Waals surface area contributed by atoms with Crippen molar-refractivity contribution in [2.45, 2.75) is 16.6 Å². The smallest absolute Gasteiger partial charge is 0.125 e. The number of benzene rings is 2. The van der Waals surface area contributed by atoms with Crippen LogP contribution in [-0.2, 0) is 0 Å². The maximum absolute atomic E-state index is 10.2. The first kappa shape index (κ1) is 13.3. The van der Waals surface area contributed by atoms with Crippen molar-refractivity contribution in [3.8, 4) is 5.75 Å². The van der Waals surface area contributed by atoms with Gasteiger partial charge in [0.1, 0.15) is 5.75 Å². The number of hydrogen-bond acceptors (Lipinski definition) is 2. The van der Waals surface area contributed by atoms with Gasteiger partial charge in [-0.1, -0.05) is 56.1 Å². The first-order valence-electron chi connectivity index (χ1n) is 6.41. The fourth-order valence-corrected chi connectivity index (χ4v) is 3.81. The topological polar surface area (TPSA) is 23.5 Å². The number of anilines is 1. The maximum Gasteiger partial charge on any atom is 0.125 e. The van der Waals surface area contributed by atoms with E-state index < -0.39 is 0 Å². The molecule has 0 bridgehead atoms. The Balaban J connectivity index is 2.32. The standard InChI is InChI=1S/C15H15Br2NO/c1-2-18-8-11(15(16)17)14-10-6-4-3-5-9(10)13(19)7-12(14)18/h3-7,11,15,19H,2,8H2,1H3. The summed E-state index contributed by atoms with van der Waals surface area (Å²) in [4.78, 5) is 2.32. The summed E-state index contributed by atoms with van der Waals surface area (Å²) in [6.45, 7) is 4.07. The lowest BCUT2D eigenvalue weighted by molar-refractivity contribution is 0.481. The van der Waals surface area contributed by atoms with E-state index >= 15 is 0 Å². The molecule has 0 spiro atoms. The second kappa shape index (κ2) is 4.98. The van der Waals surface area contributed by atoms with E-state index in [9.17, 15) is 5.11 Å². The highest BCUT2D eigenvalue weighted by Crippen LogP contribution is 2.48. The molecule has 2 aromatic carbocycles. The highest BCUT2D eigenvalue weighted by molar-refractivity contribution is 9.24. The van der Waals surface area contributed by atoms with Crippen LogP contribution in [0, 0.1) is 0 Å². The zero-order valence-electron chi connectivity index (χ0n) is 10.6. The molecule has 2 aromatic rings. The molecule has 0 radical (unpaired) electrons. The van der Waals surface area contributed by atoms with Gasteiger partial charge in [-0.15, -0.1) is 0 Å². The van der Waals surface area contributed by atoms with Crippen molar-refractivity contribution in [3.05, 3.63) is 35.9 Å². The molecule has 4 heteroatoms. The van der Waals surface area contributed by atoms with Crippen LogP contribution in [0.3, 0.4) is 0 Å². The Labute approximate surface area is 129 Å². The predicted octanol–water partition coefficient (Wildman–Crippen LogP) is 4.58. The summed E-state index contributed by atoms with van der Waals surface area (Å²) in [7, 11) is 0. The summed E-state index contributed by atoms with van der Waals surface area (Å²) in [5.74, 6) is 0.759. The summed E-state index contributed by atoms with van der Waals surface area (Å²) >= 11 is 7.32. The molecule has 0 aromatic heterocycles. The van der Waals surface area contributed by atoms with E-state index in [1.807, 2.05) is 24.3 Å². The zero-order chi connectivity index (χ0) is 13.6. The third-order valence-electron chi connectivity index (χ3n) is 3.86. The Bertz CT molecular complexity index is 627. The average molecular weight is 385 g/mol. The molecule has 1 unspecified atom stereocenters. The molecule has 0 saturated heterocycles. The third kappa shape index (κ3) is 2.05. The number of rotatable bonds is 2. The van der Waals surface area contributed by atoms with E-state index in [4.69, 9.17) is 0 Å². The van der Waals surface area contributed by atoms with Gasteiger partial charge in [-0.2, -0.15) is 0 Å². The van der Waals surface area contributed by atoms with E-state index in [0.29, 0.717) is 11.7 Å². The molecule has 100 valence electrons. The molecule has 1 atom stereocenters. The molecular weight excluding hydrogens is 370 g/mol. The molecule has 0 fully saturated rings. The van der Waals surface area contributed by atoms with Crippen LogP contribution in [0.2, 0.25) is 0 Å². The summed E-state index contributed by atoms with van der Waals surface area (Å²) in [5.41, 5.74) is 2.49. The number of hydrogen-bond donors (Lipinski definition) is 1. The SMILES string of the molecule is CCN1CC(C(Br)Br)c2c1cc(O)c1ccccc21. The molecule has 19 heavy (non-hydrogen) atoms. The van der Waals surface area contributed by atoms with Gasteiger partial charge in [0.05, 0.1) is 3.74 Å². The lowest BCUT2D eigenvalue weighted by atomic mass is 9.95. The van der Waals surface area contributed by atoms with Gasteiger partial charge >= 0.3 is 0 Å². The van der Waals surface area contributed by atoms with Crippen LogP contribution >= 0.6 is 31.9 Å². The van der Waals surface area contributed by atoms with Crippen LogP contribution in [-0.4, -0.2) is 21.9 Å². The highest BCUT2D eigenvalue weighted by atomic mass is 79.9. The lowest BCUT2D eigenvalue weighted by Gasteiger charge is -2.17. The number of phenols is 1. The highest BCUT2D eigenvalue weighted by Gasteiger charge is 2.33. The minimum Gasteiger partial charge on any atom is -0.507 e. The number of halogens is 2. The Hall–Kier alpha value is -0.740. The van der Waals surface area contributed by atoms with Gasteiger partial charge in [0.25, 0.3) is 0 Å². The number of likely N-dealkylation sites (N-methyl/N-ethyl adjacent to an activating group) is 1. The number of aromatic hydroxyl groups is 1. The Kier molecular flexibility index (Phi) is 3.48. The molecule has 1 aliphatic heterocycles. The Morgan fingerprint density at radius 1 is 1.32 bits per heavy atom. The first-order valence-corrected chi connectivity index (χ1v) is 8.24. The minimum atomic E-state index is 0.239. The fraction of sp³-hybridized carbons (Fsp3) is 0.333. The zero-order valence-corrected chi connectivity index (χ0v) is 13.8. The summed E-state index contributed by atoms with van der Waals surface area (Å²) in [6.07, 6.45) is 0. The van der Waals surface area contributed by atoms with E-state index in [1.165, 1.54) is 5.56 Å². The van der Waals surface area contributed by atoms with E-state index in [1.54, 1.807) is 0 Å². The maximum atomic E-state index is 10.2. The second-order valence-electron chi connectivity index (χ2n) is 4.85. The molecular formula is C15H15Br2NO. The van der Waals surface area contributed by atoms with Crippen LogP contribution in [0.15, 0.2) is 30.3 Å². The molecule has 2 nitrogen and oxygen atoms in total. The summed E-state index contributed by atoms with van der Waals surface area (Å²) in [6, 6.07) is 9.99. The van der Waals surface area contributed by atoms with Crippen molar-refractivity contribution in [3.63, 3.8) is 0 Å². The quantitative estimate of drug-likeness (QED) is 0.765. The Morgan fingerprint density at radius 2 is 2.00 bits per heavy atom. The van der Waals surface area contributed by atoms with Gasteiger partial charge in [-0.25, -0.2) is 0 Å². The van der Waals surface area contributed by atoms with Gasteiger partial charge in [0.2, 0.25) is 0 Å².